The lowest BCUT2D eigenvalue weighted by atomic mass is 9.92. The summed E-state index contributed by atoms with van der Waals surface area (Å²) in [6, 6.07) is 18.5. The molecular formula is C23H24O3. The molecule has 26 heavy (non-hydrogen) atoms. The first-order chi connectivity index (χ1) is 12.6. The molecule has 2 aromatic carbocycles. The number of ketones is 3. The van der Waals surface area contributed by atoms with E-state index >= 15 is 0 Å². The zero-order valence-corrected chi connectivity index (χ0v) is 14.9. The summed E-state index contributed by atoms with van der Waals surface area (Å²) in [6.45, 7) is 0. The Kier molecular flexibility index (Phi) is 6.11. The lowest BCUT2D eigenvalue weighted by Crippen LogP contribution is -2.16. The lowest BCUT2D eigenvalue weighted by Gasteiger charge is -2.10. The molecule has 0 N–H and O–H groups in total. The predicted octanol–water partition coefficient (Wildman–Crippen LogP) is 4.91. The molecule has 0 amide bonds. The standard InChI is InChI=1S/C23H24O3/c24-21(17-7-3-1-4-8-17)15-13-19-11-12-20(23(19)26)14-16-22(25)18-9-5-2-6-10-18/h1-10,19-20H,11-16H2/t19-,20+. The van der Waals surface area contributed by atoms with Crippen LogP contribution in [0, 0.1) is 11.8 Å². The van der Waals surface area contributed by atoms with Crippen molar-refractivity contribution in [2.24, 2.45) is 11.8 Å². The second-order valence-electron chi connectivity index (χ2n) is 7.03. The average Bonchev–Trinajstić information content (AvgIpc) is 3.05. The van der Waals surface area contributed by atoms with E-state index in [0.29, 0.717) is 36.8 Å². The third kappa shape index (κ3) is 4.54. The number of hydrogen-bond acceptors (Lipinski definition) is 3. The maximum absolute atomic E-state index is 12.6. The molecule has 1 aliphatic carbocycles. The van der Waals surface area contributed by atoms with Gasteiger partial charge in [-0.3, -0.25) is 14.4 Å². The third-order valence-electron chi connectivity index (χ3n) is 5.30. The van der Waals surface area contributed by atoms with Crippen molar-refractivity contribution >= 4 is 17.3 Å². The Bertz CT molecular complexity index is 699. The summed E-state index contributed by atoms with van der Waals surface area (Å²) in [4.78, 5) is 37.0. The molecule has 3 rings (SSSR count). The molecule has 0 radical (unpaired) electrons. The SMILES string of the molecule is O=C(CC[C@@H]1CC[C@H](CCC(=O)c2ccccc2)C1=O)c1ccccc1. The zero-order valence-electron chi connectivity index (χ0n) is 14.9. The molecule has 0 aromatic heterocycles. The normalized spacial score (nSPS) is 19.5. The molecule has 1 fully saturated rings. The highest BCUT2D eigenvalue weighted by Gasteiger charge is 2.34. The fraction of sp³-hybridized carbons (Fsp3) is 0.348. The van der Waals surface area contributed by atoms with Gasteiger partial charge in [-0.25, -0.2) is 0 Å². The van der Waals surface area contributed by atoms with Crippen LogP contribution >= 0.6 is 0 Å². The van der Waals surface area contributed by atoms with Gasteiger partial charge in [0.05, 0.1) is 0 Å². The first-order valence-electron chi connectivity index (χ1n) is 9.35. The van der Waals surface area contributed by atoms with Crippen molar-refractivity contribution in [2.45, 2.75) is 38.5 Å². The number of carbonyl (C=O) groups is 3. The van der Waals surface area contributed by atoms with Crippen molar-refractivity contribution < 1.29 is 14.4 Å². The number of hydrogen-bond donors (Lipinski definition) is 0. The molecule has 3 nitrogen and oxygen atoms in total. The molecule has 0 unspecified atom stereocenters. The van der Waals surface area contributed by atoms with Gasteiger partial charge in [0.25, 0.3) is 0 Å². The Balaban J connectivity index is 1.46. The van der Waals surface area contributed by atoms with E-state index in [2.05, 4.69) is 0 Å². The summed E-state index contributed by atoms with van der Waals surface area (Å²) >= 11 is 0. The summed E-state index contributed by atoms with van der Waals surface area (Å²) in [7, 11) is 0. The van der Waals surface area contributed by atoms with Crippen LogP contribution < -0.4 is 0 Å². The number of rotatable bonds is 8. The monoisotopic (exact) mass is 348 g/mol. The fourth-order valence-corrected chi connectivity index (χ4v) is 3.74. The van der Waals surface area contributed by atoms with Crippen LogP contribution in [0.1, 0.15) is 59.2 Å². The van der Waals surface area contributed by atoms with Crippen LogP contribution in [-0.4, -0.2) is 17.3 Å². The molecule has 0 heterocycles. The smallest absolute Gasteiger partial charge is 0.162 e. The number of benzene rings is 2. The van der Waals surface area contributed by atoms with E-state index in [9.17, 15) is 14.4 Å². The highest BCUT2D eigenvalue weighted by Crippen LogP contribution is 2.33. The van der Waals surface area contributed by atoms with Crippen LogP contribution in [0.5, 0.6) is 0 Å². The van der Waals surface area contributed by atoms with E-state index in [0.717, 1.165) is 12.8 Å². The van der Waals surface area contributed by atoms with E-state index < -0.39 is 0 Å². The summed E-state index contributed by atoms with van der Waals surface area (Å²) < 4.78 is 0. The van der Waals surface area contributed by atoms with E-state index in [-0.39, 0.29) is 29.2 Å². The fourth-order valence-electron chi connectivity index (χ4n) is 3.74. The Morgan fingerprint density at radius 3 is 1.46 bits per heavy atom. The Hall–Kier alpha value is -2.55. The molecule has 2 aromatic rings. The molecule has 0 spiro atoms. The van der Waals surface area contributed by atoms with E-state index in [4.69, 9.17) is 0 Å². The maximum atomic E-state index is 12.6. The topological polar surface area (TPSA) is 51.2 Å². The van der Waals surface area contributed by atoms with Gasteiger partial charge in [-0.2, -0.15) is 0 Å². The van der Waals surface area contributed by atoms with Gasteiger partial charge in [0.1, 0.15) is 5.78 Å². The van der Waals surface area contributed by atoms with Gasteiger partial charge in [0.2, 0.25) is 0 Å². The minimum absolute atomic E-state index is 0.0283. The van der Waals surface area contributed by atoms with E-state index in [1.54, 1.807) is 0 Å². The van der Waals surface area contributed by atoms with Crippen molar-refractivity contribution in [3.05, 3.63) is 71.8 Å². The molecule has 0 bridgehead atoms. The third-order valence-corrected chi connectivity index (χ3v) is 5.30. The van der Waals surface area contributed by atoms with E-state index in [1.165, 1.54) is 0 Å². The molecule has 3 heteroatoms. The van der Waals surface area contributed by atoms with Crippen LogP contribution in [0.3, 0.4) is 0 Å². The molecule has 134 valence electrons. The second-order valence-corrected chi connectivity index (χ2v) is 7.03. The summed E-state index contributed by atoms with van der Waals surface area (Å²) in [5, 5.41) is 0. The summed E-state index contributed by atoms with van der Waals surface area (Å²) in [5.74, 6) is 0.382. The summed E-state index contributed by atoms with van der Waals surface area (Å²) in [5.41, 5.74) is 1.42. The Labute approximate surface area is 154 Å². The maximum Gasteiger partial charge on any atom is 0.162 e. The average molecular weight is 348 g/mol. The van der Waals surface area contributed by atoms with E-state index in [1.807, 2.05) is 60.7 Å². The van der Waals surface area contributed by atoms with Gasteiger partial charge in [-0.1, -0.05) is 60.7 Å². The quantitative estimate of drug-likeness (QED) is 0.637. The number of Topliss-reactive ketones (excluding diaryl/α,β-unsaturated/α-hetero) is 3. The van der Waals surface area contributed by atoms with Crippen molar-refractivity contribution in [2.75, 3.05) is 0 Å². The first-order valence-corrected chi connectivity index (χ1v) is 9.35. The largest absolute Gasteiger partial charge is 0.299 e. The van der Waals surface area contributed by atoms with Crippen molar-refractivity contribution in [1.82, 2.24) is 0 Å². The van der Waals surface area contributed by atoms with Crippen LogP contribution in [-0.2, 0) is 4.79 Å². The first kappa shape index (κ1) is 18.2. The highest BCUT2D eigenvalue weighted by molar-refractivity contribution is 5.97. The minimum Gasteiger partial charge on any atom is -0.299 e. The van der Waals surface area contributed by atoms with Crippen LogP contribution in [0.2, 0.25) is 0 Å². The number of carbonyl (C=O) groups excluding carboxylic acids is 3. The summed E-state index contributed by atoms with van der Waals surface area (Å²) in [6.07, 6.45) is 3.74. The minimum atomic E-state index is -0.0283. The molecule has 0 saturated heterocycles. The van der Waals surface area contributed by atoms with Crippen LogP contribution in [0.25, 0.3) is 0 Å². The molecular weight excluding hydrogens is 324 g/mol. The Morgan fingerprint density at radius 1 is 0.692 bits per heavy atom. The van der Waals surface area contributed by atoms with Crippen molar-refractivity contribution in [3.63, 3.8) is 0 Å². The van der Waals surface area contributed by atoms with Gasteiger partial charge >= 0.3 is 0 Å². The van der Waals surface area contributed by atoms with Gasteiger partial charge < -0.3 is 0 Å². The highest BCUT2D eigenvalue weighted by atomic mass is 16.1. The van der Waals surface area contributed by atoms with Crippen molar-refractivity contribution in [3.8, 4) is 0 Å². The molecule has 0 aliphatic heterocycles. The van der Waals surface area contributed by atoms with Gasteiger partial charge in [-0.15, -0.1) is 0 Å². The Morgan fingerprint density at radius 2 is 1.08 bits per heavy atom. The lowest BCUT2D eigenvalue weighted by molar-refractivity contribution is -0.124. The molecule has 2 atom stereocenters. The van der Waals surface area contributed by atoms with Gasteiger partial charge in [0.15, 0.2) is 11.6 Å². The van der Waals surface area contributed by atoms with Crippen molar-refractivity contribution in [1.29, 1.82) is 0 Å². The van der Waals surface area contributed by atoms with Crippen LogP contribution in [0.15, 0.2) is 60.7 Å². The van der Waals surface area contributed by atoms with Crippen LogP contribution in [0.4, 0.5) is 0 Å². The molecule has 1 aliphatic rings. The van der Waals surface area contributed by atoms with Gasteiger partial charge in [0, 0.05) is 35.8 Å². The van der Waals surface area contributed by atoms with Gasteiger partial charge in [-0.05, 0) is 25.7 Å². The predicted molar refractivity (Wildman–Crippen MR) is 101 cm³/mol. The molecule has 1 saturated carbocycles. The second kappa shape index (κ2) is 8.70. The zero-order chi connectivity index (χ0) is 18.4.